The van der Waals surface area contributed by atoms with Gasteiger partial charge in [-0.15, -0.1) is 24.0 Å². The molecule has 0 aromatic heterocycles. The van der Waals surface area contributed by atoms with Crippen LogP contribution in [0.5, 0.6) is 0 Å². The number of piperidine rings is 1. The Hall–Kier alpha value is -0.900. The van der Waals surface area contributed by atoms with Crippen molar-refractivity contribution in [2.24, 2.45) is 4.99 Å². The summed E-state index contributed by atoms with van der Waals surface area (Å²) < 4.78 is 5.53. The average Bonchev–Trinajstić information content (AvgIpc) is 3.29. The number of ether oxygens (including phenoxy) is 1. The van der Waals surface area contributed by atoms with E-state index in [4.69, 9.17) is 9.73 Å². The molecule has 0 aliphatic carbocycles. The number of aliphatic imine (C=N–C) groups is 1. The summed E-state index contributed by atoms with van der Waals surface area (Å²) >= 11 is 0. The van der Waals surface area contributed by atoms with Gasteiger partial charge in [0.05, 0.1) is 19.8 Å². The molecule has 31 heavy (non-hydrogen) atoms. The predicted octanol–water partition coefficient (Wildman–Crippen LogP) is 3.16. The topological polar surface area (TPSA) is 43.3 Å². The summed E-state index contributed by atoms with van der Waals surface area (Å²) in [6, 6.07) is 9.50. The minimum atomic E-state index is 0. The molecule has 3 heterocycles. The number of nitrogens with one attached hydrogen (secondary N) is 1. The maximum Gasteiger partial charge on any atom is 0.194 e. The standard InChI is InChI=1S/C24H39N5O.HI/c1-2-25-24(29-13-10-23(20-29)28-14-16-30-17-15-28)26-18-21-8-4-5-9-22(21)19-27-11-6-3-7-12-27;/h4-5,8-9,23H,2-3,6-7,10-20H2,1H3,(H,25,26);1H. The van der Waals surface area contributed by atoms with Crippen LogP contribution in [0.3, 0.4) is 0 Å². The van der Waals surface area contributed by atoms with Gasteiger partial charge >= 0.3 is 0 Å². The predicted molar refractivity (Wildman–Crippen MR) is 138 cm³/mol. The Morgan fingerprint density at radius 3 is 2.52 bits per heavy atom. The molecule has 1 unspecified atom stereocenters. The molecule has 0 radical (unpaired) electrons. The molecule has 1 N–H and O–H groups in total. The molecule has 0 saturated carbocycles. The molecule has 3 saturated heterocycles. The molecule has 1 atom stereocenters. The van der Waals surface area contributed by atoms with Gasteiger partial charge in [0.25, 0.3) is 0 Å². The zero-order chi connectivity index (χ0) is 20.6. The van der Waals surface area contributed by atoms with Crippen molar-refractivity contribution < 1.29 is 4.74 Å². The molecule has 3 fully saturated rings. The Labute approximate surface area is 205 Å². The lowest BCUT2D eigenvalue weighted by atomic mass is 10.1. The Bertz CT molecular complexity index is 688. The van der Waals surface area contributed by atoms with Crippen molar-refractivity contribution in [3.63, 3.8) is 0 Å². The zero-order valence-electron chi connectivity index (χ0n) is 19.1. The summed E-state index contributed by atoms with van der Waals surface area (Å²) in [6.45, 7) is 13.4. The number of nitrogens with zero attached hydrogens (tertiary/aromatic N) is 4. The van der Waals surface area contributed by atoms with E-state index in [-0.39, 0.29) is 24.0 Å². The van der Waals surface area contributed by atoms with Crippen molar-refractivity contribution in [2.75, 3.05) is 59.0 Å². The molecule has 1 aromatic carbocycles. The Balaban J connectivity index is 0.00000272. The van der Waals surface area contributed by atoms with Crippen LogP contribution in [0.1, 0.15) is 43.7 Å². The van der Waals surface area contributed by atoms with Crippen LogP contribution in [0.2, 0.25) is 0 Å². The molecule has 3 aliphatic rings. The van der Waals surface area contributed by atoms with Gasteiger partial charge in [0.2, 0.25) is 0 Å². The van der Waals surface area contributed by atoms with E-state index >= 15 is 0 Å². The average molecular weight is 542 g/mol. The van der Waals surface area contributed by atoms with Crippen LogP contribution in [0.25, 0.3) is 0 Å². The first-order chi connectivity index (χ1) is 14.8. The number of guanidine groups is 1. The number of halogens is 1. The Kier molecular flexibility index (Phi) is 10.3. The molecule has 4 rings (SSSR count). The lowest BCUT2D eigenvalue weighted by molar-refractivity contribution is 0.0195. The van der Waals surface area contributed by atoms with Gasteiger partial charge in [0, 0.05) is 45.3 Å². The van der Waals surface area contributed by atoms with Crippen LogP contribution in [0, 0.1) is 0 Å². The van der Waals surface area contributed by atoms with Gasteiger partial charge in [-0.2, -0.15) is 0 Å². The summed E-state index contributed by atoms with van der Waals surface area (Å²) in [7, 11) is 0. The summed E-state index contributed by atoms with van der Waals surface area (Å²) in [5.41, 5.74) is 2.80. The second-order valence-electron chi connectivity index (χ2n) is 8.81. The monoisotopic (exact) mass is 541 g/mol. The quantitative estimate of drug-likeness (QED) is 0.341. The fraction of sp³-hybridized carbons (Fsp3) is 0.708. The molecule has 0 spiro atoms. The van der Waals surface area contributed by atoms with E-state index in [1.807, 2.05) is 0 Å². The van der Waals surface area contributed by atoms with E-state index in [2.05, 4.69) is 51.2 Å². The van der Waals surface area contributed by atoms with Gasteiger partial charge in [-0.3, -0.25) is 9.80 Å². The fourth-order valence-electron chi connectivity index (χ4n) is 4.99. The van der Waals surface area contributed by atoms with E-state index in [9.17, 15) is 0 Å². The molecule has 7 heteroatoms. The Morgan fingerprint density at radius 2 is 1.77 bits per heavy atom. The fourth-order valence-corrected chi connectivity index (χ4v) is 4.99. The van der Waals surface area contributed by atoms with E-state index in [1.165, 1.54) is 49.9 Å². The summed E-state index contributed by atoms with van der Waals surface area (Å²) in [5, 5.41) is 3.54. The van der Waals surface area contributed by atoms with Crippen LogP contribution in [-0.2, 0) is 17.8 Å². The van der Waals surface area contributed by atoms with E-state index in [0.717, 1.165) is 65.0 Å². The van der Waals surface area contributed by atoms with Gasteiger partial charge in [-0.05, 0) is 50.4 Å². The molecule has 174 valence electrons. The lowest BCUT2D eigenvalue weighted by Gasteiger charge is -2.32. The SMILES string of the molecule is CCNC(=NCc1ccccc1CN1CCCCC1)N1CCC(N2CCOCC2)C1.I. The van der Waals surface area contributed by atoms with Gasteiger partial charge in [-0.25, -0.2) is 4.99 Å². The van der Waals surface area contributed by atoms with Crippen LogP contribution >= 0.6 is 24.0 Å². The van der Waals surface area contributed by atoms with Crippen molar-refractivity contribution >= 4 is 29.9 Å². The van der Waals surface area contributed by atoms with Gasteiger partial charge in [0.15, 0.2) is 5.96 Å². The number of morpholine rings is 1. The van der Waals surface area contributed by atoms with E-state index < -0.39 is 0 Å². The smallest absolute Gasteiger partial charge is 0.194 e. The maximum absolute atomic E-state index is 5.53. The molecule has 0 amide bonds. The highest BCUT2D eigenvalue weighted by molar-refractivity contribution is 14.0. The summed E-state index contributed by atoms with van der Waals surface area (Å²) in [5.74, 6) is 1.07. The lowest BCUT2D eigenvalue weighted by Crippen LogP contribution is -2.46. The van der Waals surface area contributed by atoms with Crippen LogP contribution in [-0.4, -0.2) is 85.7 Å². The number of benzene rings is 1. The second-order valence-corrected chi connectivity index (χ2v) is 8.81. The maximum atomic E-state index is 5.53. The molecular weight excluding hydrogens is 501 g/mol. The number of likely N-dealkylation sites (tertiary alicyclic amines) is 2. The summed E-state index contributed by atoms with van der Waals surface area (Å²) in [4.78, 5) is 12.7. The zero-order valence-corrected chi connectivity index (χ0v) is 21.4. The second kappa shape index (κ2) is 13.0. The van der Waals surface area contributed by atoms with Crippen LogP contribution in [0.15, 0.2) is 29.3 Å². The normalized spacial score (nSPS) is 23.6. The third-order valence-corrected chi connectivity index (χ3v) is 6.72. The van der Waals surface area contributed by atoms with E-state index in [1.54, 1.807) is 0 Å². The van der Waals surface area contributed by atoms with Crippen LogP contribution in [0.4, 0.5) is 0 Å². The summed E-state index contributed by atoms with van der Waals surface area (Å²) in [6.07, 6.45) is 5.28. The number of rotatable bonds is 6. The highest BCUT2D eigenvalue weighted by Gasteiger charge is 2.30. The third kappa shape index (κ3) is 7.04. The number of hydrogen-bond acceptors (Lipinski definition) is 4. The molecule has 6 nitrogen and oxygen atoms in total. The minimum Gasteiger partial charge on any atom is -0.379 e. The molecule has 3 aliphatic heterocycles. The first-order valence-corrected chi connectivity index (χ1v) is 12.0. The third-order valence-electron chi connectivity index (χ3n) is 6.72. The van der Waals surface area contributed by atoms with E-state index in [0.29, 0.717) is 6.04 Å². The molecular formula is C24H40IN5O. The van der Waals surface area contributed by atoms with Crippen molar-refractivity contribution in [3.05, 3.63) is 35.4 Å². The Morgan fingerprint density at radius 1 is 1.03 bits per heavy atom. The van der Waals surface area contributed by atoms with Gasteiger partial charge < -0.3 is 15.0 Å². The molecule has 1 aromatic rings. The van der Waals surface area contributed by atoms with Crippen molar-refractivity contribution in [2.45, 2.75) is 51.7 Å². The number of hydrogen-bond donors (Lipinski definition) is 1. The highest BCUT2D eigenvalue weighted by Crippen LogP contribution is 2.19. The largest absolute Gasteiger partial charge is 0.379 e. The van der Waals surface area contributed by atoms with Crippen molar-refractivity contribution in [3.8, 4) is 0 Å². The van der Waals surface area contributed by atoms with Crippen molar-refractivity contribution in [1.29, 1.82) is 0 Å². The molecule has 0 bridgehead atoms. The van der Waals surface area contributed by atoms with Crippen LogP contribution < -0.4 is 5.32 Å². The van der Waals surface area contributed by atoms with Gasteiger partial charge in [-0.1, -0.05) is 30.7 Å². The van der Waals surface area contributed by atoms with Gasteiger partial charge in [0.1, 0.15) is 0 Å². The first kappa shape index (κ1) is 24.7. The minimum absolute atomic E-state index is 0. The van der Waals surface area contributed by atoms with Crippen molar-refractivity contribution in [1.82, 2.24) is 20.0 Å². The highest BCUT2D eigenvalue weighted by atomic mass is 127. The first-order valence-electron chi connectivity index (χ1n) is 12.0.